The Morgan fingerprint density at radius 3 is 3.00 bits per heavy atom. The molecule has 3 heterocycles. The third-order valence-electron chi connectivity index (χ3n) is 2.54. The molecule has 3 aromatic rings. The van der Waals surface area contributed by atoms with Gasteiger partial charge in [0.05, 0.1) is 18.1 Å². The first-order valence-corrected chi connectivity index (χ1v) is 5.71. The van der Waals surface area contributed by atoms with Crippen molar-refractivity contribution in [3.8, 4) is 0 Å². The Balaban J connectivity index is 1.93. The van der Waals surface area contributed by atoms with Crippen molar-refractivity contribution in [2.45, 2.75) is 6.92 Å². The predicted octanol–water partition coefficient (Wildman–Crippen LogP) is 1.29. The van der Waals surface area contributed by atoms with Crippen LogP contribution in [0.2, 0.25) is 5.15 Å². The fourth-order valence-corrected chi connectivity index (χ4v) is 1.82. The van der Waals surface area contributed by atoms with Crippen molar-refractivity contribution in [1.29, 1.82) is 0 Å². The Morgan fingerprint density at radius 1 is 1.42 bits per heavy atom. The topological polar surface area (TPSA) is 112 Å². The zero-order chi connectivity index (χ0) is 13.4. The SMILES string of the molecule is Cc1[nH]ncc1C(=O)Nc1nc(Cl)c2[nH]cnc2n1. The van der Waals surface area contributed by atoms with E-state index in [1.807, 2.05) is 0 Å². The van der Waals surface area contributed by atoms with Crippen LogP contribution in [0.1, 0.15) is 16.1 Å². The molecule has 0 aliphatic rings. The predicted molar refractivity (Wildman–Crippen MR) is 68.0 cm³/mol. The van der Waals surface area contributed by atoms with Crippen LogP contribution in [-0.2, 0) is 0 Å². The standard InChI is InChI=1S/C10H8ClN7O/c1-4-5(2-14-18-4)9(19)17-10-15-7(11)6-8(16-10)13-3-12-6/h2-3H,1H3,(H,14,18)(H2,12,13,15,16,17,19). The van der Waals surface area contributed by atoms with Gasteiger partial charge in [-0.15, -0.1) is 0 Å². The molecule has 9 heteroatoms. The van der Waals surface area contributed by atoms with Crippen LogP contribution in [0.25, 0.3) is 11.2 Å². The van der Waals surface area contributed by atoms with Crippen LogP contribution in [0.4, 0.5) is 5.95 Å². The van der Waals surface area contributed by atoms with Crippen LogP contribution < -0.4 is 5.32 Å². The number of nitrogens with zero attached hydrogens (tertiary/aromatic N) is 4. The van der Waals surface area contributed by atoms with Crippen molar-refractivity contribution in [3.05, 3.63) is 28.9 Å². The molecule has 3 aromatic heterocycles. The molecule has 8 nitrogen and oxygen atoms in total. The van der Waals surface area contributed by atoms with E-state index in [1.165, 1.54) is 12.5 Å². The molecule has 96 valence electrons. The van der Waals surface area contributed by atoms with E-state index in [1.54, 1.807) is 6.92 Å². The second kappa shape index (κ2) is 4.32. The normalized spacial score (nSPS) is 10.8. The minimum Gasteiger partial charge on any atom is -0.341 e. The summed E-state index contributed by atoms with van der Waals surface area (Å²) in [5.74, 6) is -0.271. The summed E-state index contributed by atoms with van der Waals surface area (Å²) in [6.07, 6.45) is 2.89. The minimum atomic E-state index is -0.364. The summed E-state index contributed by atoms with van der Waals surface area (Å²) < 4.78 is 0. The average molecular weight is 278 g/mol. The number of aromatic amines is 2. The van der Waals surface area contributed by atoms with E-state index in [2.05, 4.69) is 35.5 Å². The molecule has 1 amide bonds. The Bertz CT molecular complexity index is 762. The molecule has 3 N–H and O–H groups in total. The lowest BCUT2D eigenvalue weighted by atomic mass is 10.2. The van der Waals surface area contributed by atoms with Crippen molar-refractivity contribution in [2.24, 2.45) is 0 Å². The Labute approximate surface area is 111 Å². The number of nitrogens with one attached hydrogen (secondary N) is 3. The van der Waals surface area contributed by atoms with Crippen LogP contribution in [-0.4, -0.2) is 36.0 Å². The molecule has 0 aliphatic heterocycles. The maximum atomic E-state index is 12.0. The minimum absolute atomic E-state index is 0.0928. The number of halogens is 1. The lowest BCUT2D eigenvalue weighted by Gasteiger charge is -2.03. The summed E-state index contributed by atoms with van der Waals surface area (Å²) in [6, 6.07) is 0. The van der Waals surface area contributed by atoms with E-state index < -0.39 is 0 Å². The number of fused-ring (bicyclic) bond motifs is 1. The van der Waals surface area contributed by atoms with Crippen molar-refractivity contribution >= 4 is 34.6 Å². The van der Waals surface area contributed by atoms with Gasteiger partial charge in [-0.1, -0.05) is 11.6 Å². The van der Waals surface area contributed by atoms with Crippen LogP contribution >= 0.6 is 11.6 Å². The zero-order valence-electron chi connectivity index (χ0n) is 9.73. The van der Waals surface area contributed by atoms with Gasteiger partial charge in [0.1, 0.15) is 5.52 Å². The molecule has 3 rings (SSSR count). The monoisotopic (exact) mass is 277 g/mol. The summed E-state index contributed by atoms with van der Waals surface area (Å²) in [5, 5.41) is 9.20. The summed E-state index contributed by atoms with van der Waals surface area (Å²) in [6.45, 7) is 1.74. The highest BCUT2D eigenvalue weighted by atomic mass is 35.5. The van der Waals surface area contributed by atoms with E-state index in [9.17, 15) is 4.79 Å². The Hall–Kier alpha value is -2.48. The van der Waals surface area contributed by atoms with Gasteiger partial charge in [-0.3, -0.25) is 15.2 Å². The first-order valence-electron chi connectivity index (χ1n) is 5.33. The van der Waals surface area contributed by atoms with Gasteiger partial charge < -0.3 is 4.98 Å². The molecule has 0 spiro atoms. The summed E-state index contributed by atoms with van der Waals surface area (Å²) in [5.41, 5.74) is 1.99. The van der Waals surface area contributed by atoms with Gasteiger partial charge >= 0.3 is 0 Å². The van der Waals surface area contributed by atoms with Gasteiger partial charge in [0.2, 0.25) is 5.95 Å². The molecule has 0 aromatic carbocycles. The molecule has 0 bridgehead atoms. The van der Waals surface area contributed by atoms with E-state index in [-0.39, 0.29) is 17.0 Å². The summed E-state index contributed by atoms with van der Waals surface area (Å²) in [4.78, 5) is 26.8. The maximum Gasteiger partial charge on any atom is 0.261 e. The van der Waals surface area contributed by atoms with Gasteiger partial charge in [0, 0.05) is 5.69 Å². The number of anilines is 1. The molecule has 0 saturated heterocycles. The van der Waals surface area contributed by atoms with Gasteiger partial charge in [0.25, 0.3) is 5.91 Å². The first kappa shape index (κ1) is 11.6. The summed E-state index contributed by atoms with van der Waals surface area (Å²) in [7, 11) is 0. The number of aromatic nitrogens is 6. The van der Waals surface area contributed by atoms with Crippen LogP contribution in [0.15, 0.2) is 12.5 Å². The smallest absolute Gasteiger partial charge is 0.261 e. The van der Waals surface area contributed by atoms with Gasteiger partial charge in [-0.05, 0) is 6.92 Å². The largest absolute Gasteiger partial charge is 0.341 e. The lowest BCUT2D eigenvalue weighted by Crippen LogP contribution is -2.14. The zero-order valence-corrected chi connectivity index (χ0v) is 10.5. The van der Waals surface area contributed by atoms with Crippen molar-refractivity contribution in [1.82, 2.24) is 30.1 Å². The molecule has 0 atom stereocenters. The van der Waals surface area contributed by atoms with Crippen molar-refractivity contribution in [3.63, 3.8) is 0 Å². The molecule has 0 unspecified atom stereocenters. The molecular weight excluding hydrogens is 270 g/mol. The van der Waals surface area contributed by atoms with E-state index in [4.69, 9.17) is 11.6 Å². The maximum absolute atomic E-state index is 12.0. The van der Waals surface area contributed by atoms with E-state index >= 15 is 0 Å². The highest BCUT2D eigenvalue weighted by molar-refractivity contribution is 6.33. The number of hydrogen-bond donors (Lipinski definition) is 3. The number of rotatable bonds is 2. The molecular formula is C10H8ClN7O. The second-order valence-corrected chi connectivity index (χ2v) is 4.16. The molecule has 0 aliphatic carbocycles. The number of carbonyl (C=O) groups excluding carboxylic acids is 1. The second-order valence-electron chi connectivity index (χ2n) is 3.80. The van der Waals surface area contributed by atoms with Gasteiger partial charge in [-0.2, -0.15) is 15.1 Å². The Kier molecular flexibility index (Phi) is 2.64. The summed E-state index contributed by atoms with van der Waals surface area (Å²) >= 11 is 5.95. The quantitative estimate of drug-likeness (QED) is 0.611. The highest BCUT2D eigenvalue weighted by Gasteiger charge is 2.14. The number of amides is 1. The van der Waals surface area contributed by atoms with E-state index in [0.717, 1.165) is 0 Å². The number of aryl methyl sites for hydroxylation is 1. The van der Waals surface area contributed by atoms with Crippen LogP contribution in [0.3, 0.4) is 0 Å². The molecule has 0 radical (unpaired) electrons. The fraction of sp³-hybridized carbons (Fsp3) is 0.100. The average Bonchev–Trinajstić information content (AvgIpc) is 2.97. The molecule has 0 fully saturated rings. The number of imidazole rings is 1. The van der Waals surface area contributed by atoms with Crippen molar-refractivity contribution in [2.75, 3.05) is 5.32 Å². The first-order chi connectivity index (χ1) is 9.15. The van der Waals surface area contributed by atoms with Gasteiger partial charge in [-0.25, -0.2) is 4.98 Å². The Morgan fingerprint density at radius 2 is 2.26 bits per heavy atom. The third-order valence-corrected chi connectivity index (χ3v) is 2.81. The van der Waals surface area contributed by atoms with Crippen LogP contribution in [0.5, 0.6) is 0 Å². The number of hydrogen-bond acceptors (Lipinski definition) is 5. The van der Waals surface area contributed by atoms with Gasteiger partial charge in [0.15, 0.2) is 10.8 Å². The fourth-order valence-electron chi connectivity index (χ4n) is 1.60. The number of carbonyl (C=O) groups is 1. The molecule has 0 saturated carbocycles. The van der Waals surface area contributed by atoms with E-state index in [0.29, 0.717) is 22.4 Å². The lowest BCUT2D eigenvalue weighted by molar-refractivity contribution is 0.102. The van der Waals surface area contributed by atoms with Crippen molar-refractivity contribution < 1.29 is 4.79 Å². The number of H-pyrrole nitrogens is 2. The highest BCUT2D eigenvalue weighted by Crippen LogP contribution is 2.18. The van der Waals surface area contributed by atoms with Crippen LogP contribution in [0, 0.1) is 6.92 Å². The molecule has 19 heavy (non-hydrogen) atoms. The third kappa shape index (κ3) is 2.02.